The Morgan fingerprint density at radius 2 is 1.69 bits per heavy atom. The van der Waals surface area contributed by atoms with Crippen LogP contribution in [-0.2, 0) is 11.0 Å². The Bertz CT molecular complexity index is 1110. The third-order valence-electron chi connectivity index (χ3n) is 6.93. The standard InChI is InChI=1S/C25H27F3N4O4/c26-25(27,28)21-12-18(8-11-22(21)32(35)36)24(34)29-13-23(33)30-19-14-31(15-19)20-9-6-17(7-10-20)16-4-2-1-3-5-16/h1-5,8,11-12,17,19-20H,6-7,9-10,13-15H2,(H,29,34)(H,30,33)/t17-,20+. The normalized spacial score (nSPS) is 20.9. The van der Waals surface area contributed by atoms with Gasteiger partial charge in [0.05, 0.1) is 17.5 Å². The highest BCUT2D eigenvalue weighted by Crippen LogP contribution is 2.37. The van der Waals surface area contributed by atoms with Gasteiger partial charge in [-0.15, -0.1) is 0 Å². The van der Waals surface area contributed by atoms with Crippen LogP contribution in [-0.4, -0.2) is 53.4 Å². The van der Waals surface area contributed by atoms with Crippen molar-refractivity contribution in [1.82, 2.24) is 15.5 Å². The van der Waals surface area contributed by atoms with Gasteiger partial charge in [0.25, 0.3) is 11.6 Å². The highest BCUT2D eigenvalue weighted by molar-refractivity contribution is 5.97. The predicted molar refractivity (Wildman–Crippen MR) is 125 cm³/mol. The minimum absolute atomic E-state index is 0.0440. The van der Waals surface area contributed by atoms with Crippen molar-refractivity contribution >= 4 is 17.5 Å². The summed E-state index contributed by atoms with van der Waals surface area (Å²) in [7, 11) is 0. The molecule has 1 saturated carbocycles. The summed E-state index contributed by atoms with van der Waals surface area (Å²) in [6.07, 6.45) is -0.524. The first-order chi connectivity index (χ1) is 17.1. The molecule has 192 valence electrons. The molecule has 2 aliphatic rings. The van der Waals surface area contributed by atoms with Crippen molar-refractivity contribution in [3.05, 3.63) is 75.3 Å². The van der Waals surface area contributed by atoms with Crippen LogP contribution >= 0.6 is 0 Å². The van der Waals surface area contributed by atoms with E-state index >= 15 is 0 Å². The van der Waals surface area contributed by atoms with E-state index in [2.05, 4.69) is 39.8 Å². The van der Waals surface area contributed by atoms with E-state index in [1.807, 2.05) is 6.07 Å². The van der Waals surface area contributed by atoms with Crippen molar-refractivity contribution in [3.63, 3.8) is 0 Å². The van der Waals surface area contributed by atoms with E-state index in [-0.39, 0.29) is 6.04 Å². The molecule has 0 spiro atoms. The van der Waals surface area contributed by atoms with Crippen LogP contribution in [0.15, 0.2) is 48.5 Å². The first-order valence-electron chi connectivity index (χ1n) is 11.8. The van der Waals surface area contributed by atoms with Gasteiger partial charge >= 0.3 is 6.18 Å². The van der Waals surface area contributed by atoms with Crippen LogP contribution in [0.5, 0.6) is 0 Å². The van der Waals surface area contributed by atoms with Gasteiger partial charge in [-0.3, -0.25) is 24.6 Å². The number of hydrogen-bond acceptors (Lipinski definition) is 5. The number of alkyl halides is 3. The maximum absolute atomic E-state index is 13.1. The third-order valence-corrected chi connectivity index (χ3v) is 6.93. The molecule has 2 N–H and O–H groups in total. The lowest BCUT2D eigenvalue weighted by Gasteiger charge is -2.46. The van der Waals surface area contributed by atoms with Gasteiger partial charge in [-0.25, -0.2) is 0 Å². The molecule has 36 heavy (non-hydrogen) atoms. The number of nitro groups is 1. The summed E-state index contributed by atoms with van der Waals surface area (Å²) >= 11 is 0. The van der Waals surface area contributed by atoms with E-state index < -0.39 is 46.3 Å². The quantitative estimate of drug-likeness (QED) is 0.440. The molecule has 1 heterocycles. The maximum atomic E-state index is 13.1. The Kier molecular flexibility index (Phi) is 7.58. The number of carbonyl (C=O) groups excluding carboxylic acids is 2. The Morgan fingerprint density at radius 3 is 2.31 bits per heavy atom. The zero-order valence-electron chi connectivity index (χ0n) is 19.5. The van der Waals surface area contributed by atoms with Crippen LogP contribution in [0.1, 0.15) is 53.1 Å². The molecule has 1 saturated heterocycles. The lowest BCUT2D eigenvalue weighted by atomic mass is 9.80. The molecule has 2 fully saturated rings. The topological polar surface area (TPSA) is 105 Å². The molecule has 8 nitrogen and oxygen atoms in total. The largest absolute Gasteiger partial charge is 0.423 e. The van der Waals surface area contributed by atoms with Gasteiger partial charge in [-0.05, 0) is 49.3 Å². The molecule has 0 aromatic heterocycles. The minimum atomic E-state index is -4.99. The number of carbonyl (C=O) groups is 2. The molecular weight excluding hydrogens is 477 g/mol. The molecule has 1 aliphatic carbocycles. The highest BCUT2D eigenvalue weighted by atomic mass is 19.4. The Labute approximate surface area is 206 Å². The highest BCUT2D eigenvalue weighted by Gasteiger charge is 2.39. The van der Waals surface area contributed by atoms with E-state index in [9.17, 15) is 32.9 Å². The van der Waals surface area contributed by atoms with Crippen LogP contribution < -0.4 is 10.6 Å². The Hall–Kier alpha value is -3.47. The van der Waals surface area contributed by atoms with Gasteiger partial charge in [-0.1, -0.05) is 30.3 Å². The summed E-state index contributed by atoms with van der Waals surface area (Å²) in [5, 5.41) is 15.9. The Morgan fingerprint density at radius 1 is 1.03 bits per heavy atom. The van der Waals surface area contributed by atoms with Crippen LogP contribution in [0.25, 0.3) is 0 Å². The number of nitrogens with one attached hydrogen (secondary N) is 2. The smallest absolute Gasteiger partial charge is 0.349 e. The number of benzene rings is 2. The van der Waals surface area contributed by atoms with Gasteiger partial charge < -0.3 is 10.6 Å². The number of halogens is 3. The summed E-state index contributed by atoms with van der Waals surface area (Å²) in [5.74, 6) is -0.777. The maximum Gasteiger partial charge on any atom is 0.423 e. The summed E-state index contributed by atoms with van der Waals surface area (Å²) in [4.78, 5) is 36.5. The van der Waals surface area contributed by atoms with Gasteiger partial charge in [-0.2, -0.15) is 13.2 Å². The summed E-state index contributed by atoms with van der Waals surface area (Å²) in [6, 6.07) is 12.9. The average Bonchev–Trinajstić information content (AvgIpc) is 2.84. The first kappa shape index (κ1) is 25.6. The molecule has 0 unspecified atom stereocenters. The number of amides is 2. The SMILES string of the molecule is O=C(CNC(=O)c1ccc([N+](=O)[O-])c(C(F)(F)F)c1)NC1CN([C@H]2CC[C@@H](c3ccccc3)CC2)C1. The number of likely N-dealkylation sites (tertiary alicyclic amines) is 1. The number of rotatable bonds is 7. The summed E-state index contributed by atoms with van der Waals surface area (Å²) in [5.41, 5.74) is -1.69. The minimum Gasteiger partial charge on any atom is -0.349 e. The molecule has 2 aromatic carbocycles. The Balaban J connectivity index is 1.20. The van der Waals surface area contributed by atoms with Gasteiger partial charge in [0.2, 0.25) is 5.91 Å². The molecule has 0 atom stereocenters. The van der Waals surface area contributed by atoms with E-state index in [4.69, 9.17) is 0 Å². The second kappa shape index (κ2) is 10.7. The second-order valence-corrected chi connectivity index (χ2v) is 9.30. The molecule has 2 amide bonds. The van der Waals surface area contributed by atoms with Crippen molar-refractivity contribution < 1.29 is 27.7 Å². The van der Waals surface area contributed by atoms with E-state index in [1.165, 1.54) is 5.56 Å². The molecule has 1 aliphatic heterocycles. The summed E-state index contributed by atoms with van der Waals surface area (Å²) < 4.78 is 39.3. The second-order valence-electron chi connectivity index (χ2n) is 9.30. The number of nitrogens with zero attached hydrogens (tertiary/aromatic N) is 2. The van der Waals surface area contributed by atoms with Gasteiger partial charge in [0, 0.05) is 30.8 Å². The lowest BCUT2D eigenvalue weighted by Crippen LogP contribution is -2.63. The average molecular weight is 505 g/mol. The van der Waals surface area contributed by atoms with E-state index in [0.29, 0.717) is 24.1 Å². The van der Waals surface area contributed by atoms with Crippen molar-refractivity contribution in [2.24, 2.45) is 0 Å². The van der Waals surface area contributed by atoms with Gasteiger partial charge in [0.15, 0.2) is 0 Å². The van der Waals surface area contributed by atoms with Gasteiger partial charge in [0.1, 0.15) is 5.56 Å². The van der Waals surface area contributed by atoms with Crippen LogP contribution in [0.4, 0.5) is 18.9 Å². The van der Waals surface area contributed by atoms with Crippen molar-refractivity contribution in [2.45, 2.75) is 49.9 Å². The summed E-state index contributed by atoms with van der Waals surface area (Å²) in [6.45, 7) is 1.03. The van der Waals surface area contributed by atoms with E-state index in [0.717, 1.165) is 44.8 Å². The fraction of sp³-hybridized carbons (Fsp3) is 0.440. The monoisotopic (exact) mass is 504 g/mol. The fourth-order valence-electron chi connectivity index (χ4n) is 5.01. The van der Waals surface area contributed by atoms with Crippen LogP contribution in [0.3, 0.4) is 0 Å². The molecule has 11 heteroatoms. The molecule has 0 radical (unpaired) electrons. The van der Waals surface area contributed by atoms with Crippen molar-refractivity contribution in [3.8, 4) is 0 Å². The molecule has 4 rings (SSSR count). The molecule has 2 aromatic rings. The predicted octanol–water partition coefficient (Wildman–Crippen LogP) is 3.87. The number of nitro benzene ring substituents is 1. The van der Waals surface area contributed by atoms with Crippen LogP contribution in [0.2, 0.25) is 0 Å². The zero-order valence-corrected chi connectivity index (χ0v) is 19.5. The fourth-order valence-corrected chi connectivity index (χ4v) is 5.01. The van der Waals surface area contributed by atoms with Crippen molar-refractivity contribution in [2.75, 3.05) is 19.6 Å². The molecular formula is C25H27F3N4O4. The zero-order chi connectivity index (χ0) is 25.9. The lowest BCUT2D eigenvalue weighted by molar-refractivity contribution is -0.388. The van der Waals surface area contributed by atoms with Crippen molar-refractivity contribution in [1.29, 1.82) is 0 Å². The van der Waals surface area contributed by atoms with Crippen LogP contribution in [0, 0.1) is 10.1 Å². The first-order valence-corrected chi connectivity index (χ1v) is 11.8. The third kappa shape index (κ3) is 6.01. The molecule has 0 bridgehead atoms. The van der Waals surface area contributed by atoms with E-state index in [1.54, 1.807) is 0 Å². The number of hydrogen-bond donors (Lipinski definition) is 2.